The Morgan fingerprint density at radius 3 is 2.56 bits per heavy atom. The van der Waals surface area contributed by atoms with Crippen LogP contribution in [-0.2, 0) is 25.7 Å². The number of carbonyl (C=O) groups is 2. The highest BCUT2D eigenvalue weighted by Gasteiger charge is 2.32. The van der Waals surface area contributed by atoms with E-state index in [0.717, 1.165) is 23.2 Å². The average Bonchev–Trinajstić information content (AvgIpc) is 2.88. The molecule has 1 fully saturated rings. The third-order valence-electron chi connectivity index (χ3n) is 5.95. The van der Waals surface area contributed by atoms with E-state index in [1.165, 1.54) is 0 Å². The number of hydroxylamine groups is 1. The number of hydrogen-bond acceptors (Lipinski definition) is 7. The molecule has 0 bridgehead atoms. The Kier molecular flexibility index (Phi) is 10.6. The predicted octanol–water partition coefficient (Wildman–Crippen LogP) is 3.46. The lowest BCUT2D eigenvalue weighted by atomic mass is 9.99. The Labute approximate surface area is 211 Å². The van der Waals surface area contributed by atoms with Gasteiger partial charge in [-0.05, 0) is 36.7 Å². The number of hydrogen-bond donors (Lipinski definition) is 4. The zero-order valence-electron chi connectivity index (χ0n) is 20.6. The van der Waals surface area contributed by atoms with E-state index in [9.17, 15) is 14.7 Å². The molecule has 194 valence electrons. The number of carbonyl (C=O) groups excluding carboxylic acids is 2. The first-order valence-corrected chi connectivity index (χ1v) is 12.0. The van der Waals surface area contributed by atoms with Crippen molar-refractivity contribution in [3.05, 3.63) is 77.9 Å². The average molecular weight is 498 g/mol. The predicted molar refractivity (Wildman–Crippen MR) is 135 cm³/mol. The molecule has 0 aliphatic carbocycles. The highest BCUT2D eigenvalue weighted by atomic mass is 16.7. The SMILES string of the molecule is C=CCN(C)C[C@@H]1C[C@H](c2ccc(CO)cc2)O[C@H](c2cccc(NC(=O)CCCC(=O)NO)c2)O1. The van der Waals surface area contributed by atoms with Crippen molar-refractivity contribution >= 4 is 17.5 Å². The molecular formula is C27H35N3O6. The Balaban J connectivity index is 1.72. The van der Waals surface area contributed by atoms with Gasteiger partial charge in [-0.15, -0.1) is 6.58 Å². The van der Waals surface area contributed by atoms with Crippen LogP contribution in [0.25, 0.3) is 0 Å². The number of aliphatic hydroxyl groups is 1. The van der Waals surface area contributed by atoms with Crippen LogP contribution in [0.1, 0.15) is 54.8 Å². The van der Waals surface area contributed by atoms with Gasteiger partial charge >= 0.3 is 0 Å². The van der Waals surface area contributed by atoms with Gasteiger partial charge in [-0.1, -0.05) is 42.5 Å². The second-order valence-electron chi connectivity index (χ2n) is 8.92. The molecule has 1 heterocycles. The van der Waals surface area contributed by atoms with Gasteiger partial charge in [-0.2, -0.15) is 0 Å². The standard InChI is InChI=1S/C27H35N3O6/c1-3-14-30(2)17-23-16-24(20-12-10-19(18-31)11-13-20)36-27(35-23)21-6-4-7-22(15-21)28-25(32)8-5-9-26(33)29-34/h3-4,6-7,10-13,15,23-24,27,31,34H,1,5,8-9,14,16-18H2,2H3,(H,28,32)(H,29,33)/t23-,24+,27+/m0/s1. The molecule has 1 saturated heterocycles. The second kappa shape index (κ2) is 13.9. The summed E-state index contributed by atoms with van der Waals surface area (Å²) < 4.78 is 12.7. The van der Waals surface area contributed by atoms with Gasteiger partial charge in [0, 0.05) is 43.6 Å². The van der Waals surface area contributed by atoms with Crippen molar-refractivity contribution in [3.8, 4) is 0 Å². The molecule has 9 nitrogen and oxygen atoms in total. The van der Waals surface area contributed by atoms with Crippen molar-refractivity contribution in [3.63, 3.8) is 0 Å². The lowest BCUT2D eigenvalue weighted by molar-refractivity contribution is -0.252. The molecule has 36 heavy (non-hydrogen) atoms. The van der Waals surface area contributed by atoms with Crippen LogP contribution >= 0.6 is 0 Å². The van der Waals surface area contributed by atoms with E-state index in [0.29, 0.717) is 25.1 Å². The highest BCUT2D eigenvalue weighted by molar-refractivity contribution is 5.91. The van der Waals surface area contributed by atoms with Gasteiger partial charge in [-0.3, -0.25) is 14.8 Å². The number of benzene rings is 2. The van der Waals surface area contributed by atoms with E-state index in [4.69, 9.17) is 14.7 Å². The fourth-order valence-corrected chi connectivity index (χ4v) is 4.13. The van der Waals surface area contributed by atoms with Crippen molar-refractivity contribution in [2.45, 2.75) is 50.8 Å². The summed E-state index contributed by atoms with van der Waals surface area (Å²) in [5, 5.41) is 20.8. The maximum absolute atomic E-state index is 12.3. The molecule has 0 spiro atoms. The van der Waals surface area contributed by atoms with Crippen molar-refractivity contribution in [2.24, 2.45) is 0 Å². The van der Waals surface area contributed by atoms with Gasteiger partial charge in [-0.25, -0.2) is 5.48 Å². The monoisotopic (exact) mass is 497 g/mol. The number of aliphatic hydroxyl groups excluding tert-OH is 1. The van der Waals surface area contributed by atoms with E-state index in [1.807, 2.05) is 55.6 Å². The molecule has 0 aromatic heterocycles. The molecule has 4 N–H and O–H groups in total. The van der Waals surface area contributed by atoms with Crippen molar-refractivity contribution in [1.29, 1.82) is 0 Å². The summed E-state index contributed by atoms with van der Waals surface area (Å²) in [6.45, 7) is 5.23. The first-order chi connectivity index (χ1) is 17.4. The molecule has 1 aliphatic rings. The van der Waals surface area contributed by atoms with E-state index < -0.39 is 12.2 Å². The normalized spacial score (nSPS) is 19.6. The quantitative estimate of drug-likeness (QED) is 0.201. The van der Waals surface area contributed by atoms with Crippen molar-refractivity contribution < 1.29 is 29.4 Å². The second-order valence-corrected chi connectivity index (χ2v) is 8.92. The smallest absolute Gasteiger partial charge is 0.243 e. The molecule has 2 aromatic rings. The van der Waals surface area contributed by atoms with Gasteiger partial charge < -0.3 is 24.8 Å². The summed E-state index contributed by atoms with van der Waals surface area (Å²) in [7, 11) is 2.01. The van der Waals surface area contributed by atoms with Gasteiger partial charge in [0.25, 0.3) is 0 Å². The number of ether oxygens (including phenoxy) is 2. The molecule has 3 rings (SSSR count). The third kappa shape index (κ3) is 8.25. The molecule has 2 amide bonds. The molecule has 3 atom stereocenters. The van der Waals surface area contributed by atoms with Crippen LogP contribution in [-0.4, -0.2) is 53.3 Å². The Morgan fingerprint density at radius 2 is 1.86 bits per heavy atom. The largest absolute Gasteiger partial charge is 0.392 e. The lowest BCUT2D eigenvalue weighted by Crippen LogP contribution is -2.37. The molecule has 2 aromatic carbocycles. The van der Waals surface area contributed by atoms with Crippen LogP contribution in [0.4, 0.5) is 5.69 Å². The van der Waals surface area contributed by atoms with E-state index in [1.54, 1.807) is 11.5 Å². The van der Waals surface area contributed by atoms with Crippen molar-refractivity contribution in [1.82, 2.24) is 10.4 Å². The molecular weight excluding hydrogens is 462 g/mol. The van der Waals surface area contributed by atoms with Crippen LogP contribution in [0.2, 0.25) is 0 Å². The number of nitrogens with zero attached hydrogens (tertiary/aromatic N) is 1. The molecule has 9 heteroatoms. The summed E-state index contributed by atoms with van der Waals surface area (Å²) in [5.41, 5.74) is 4.78. The third-order valence-corrected chi connectivity index (χ3v) is 5.95. The minimum absolute atomic E-state index is 0.0142. The van der Waals surface area contributed by atoms with Gasteiger partial charge in [0.2, 0.25) is 11.8 Å². The summed E-state index contributed by atoms with van der Waals surface area (Å²) in [6.07, 6.45) is 2.14. The zero-order chi connectivity index (χ0) is 25.9. The van der Waals surface area contributed by atoms with Crippen LogP contribution < -0.4 is 10.8 Å². The molecule has 0 unspecified atom stereocenters. The number of likely N-dealkylation sites (N-methyl/N-ethyl adjacent to an activating group) is 1. The van der Waals surface area contributed by atoms with Gasteiger partial charge in [0.1, 0.15) is 0 Å². The Morgan fingerprint density at radius 1 is 1.11 bits per heavy atom. The lowest BCUT2D eigenvalue weighted by Gasteiger charge is -2.37. The van der Waals surface area contributed by atoms with Gasteiger partial charge in [0.15, 0.2) is 6.29 Å². The summed E-state index contributed by atoms with van der Waals surface area (Å²) in [5.74, 6) is -0.751. The van der Waals surface area contributed by atoms with E-state index in [2.05, 4.69) is 16.8 Å². The van der Waals surface area contributed by atoms with Crippen LogP contribution in [0.5, 0.6) is 0 Å². The van der Waals surface area contributed by atoms with E-state index in [-0.39, 0.29) is 37.6 Å². The van der Waals surface area contributed by atoms with Crippen LogP contribution in [0.15, 0.2) is 61.2 Å². The minimum Gasteiger partial charge on any atom is -0.392 e. The molecule has 1 aliphatic heterocycles. The maximum Gasteiger partial charge on any atom is 0.243 e. The first kappa shape index (κ1) is 27.5. The maximum atomic E-state index is 12.3. The van der Waals surface area contributed by atoms with Crippen LogP contribution in [0, 0.1) is 0 Å². The Hall–Kier alpha value is -3.08. The Bertz CT molecular complexity index is 1010. The number of rotatable bonds is 12. The summed E-state index contributed by atoms with van der Waals surface area (Å²) in [4.78, 5) is 25.6. The number of nitrogens with one attached hydrogen (secondary N) is 2. The fraction of sp³-hybridized carbons (Fsp3) is 0.407. The molecule has 0 radical (unpaired) electrons. The number of anilines is 1. The van der Waals surface area contributed by atoms with Gasteiger partial charge in [0.05, 0.1) is 18.8 Å². The first-order valence-electron chi connectivity index (χ1n) is 12.0. The fourth-order valence-electron chi connectivity index (χ4n) is 4.13. The number of amides is 2. The summed E-state index contributed by atoms with van der Waals surface area (Å²) >= 11 is 0. The van der Waals surface area contributed by atoms with E-state index >= 15 is 0 Å². The molecule has 0 saturated carbocycles. The zero-order valence-corrected chi connectivity index (χ0v) is 20.6. The summed E-state index contributed by atoms with van der Waals surface area (Å²) in [6, 6.07) is 15.1. The van der Waals surface area contributed by atoms with Crippen molar-refractivity contribution in [2.75, 3.05) is 25.5 Å². The topological polar surface area (TPSA) is 120 Å². The highest BCUT2D eigenvalue weighted by Crippen LogP contribution is 2.38. The van der Waals surface area contributed by atoms with Crippen LogP contribution in [0.3, 0.4) is 0 Å². The minimum atomic E-state index is -0.631.